The monoisotopic (exact) mass is 517 g/mol. The summed E-state index contributed by atoms with van der Waals surface area (Å²) in [5.41, 5.74) is 1.77. The Morgan fingerprint density at radius 3 is 2.21 bits per heavy atom. The van der Waals surface area contributed by atoms with Crippen molar-refractivity contribution in [2.24, 2.45) is 0 Å². The van der Waals surface area contributed by atoms with Crippen molar-refractivity contribution in [3.05, 3.63) is 89.0 Å². The van der Waals surface area contributed by atoms with Gasteiger partial charge in [-0.1, -0.05) is 30.3 Å². The Balaban J connectivity index is 1.82. The van der Waals surface area contributed by atoms with Crippen molar-refractivity contribution in [1.82, 2.24) is 4.90 Å². The van der Waals surface area contributed by atoms with Gasteiger partial charge in [-0.15, -0.1) is 0 Å². The number of ketones is 1. The minimum absolute atomic E-state index is 0.00217. The molecule has 1 fully saturated rings. The number of amides is 1. The zero-order chi connectivity index (χ0) is 27.4. The van der Waals surface area contributed by atoms with Gasteiger partial charge in [0.15, 0.2) is 11.5 Å². The third kappa shape index (κ3) is 5.29. The van der Waals surface area contributed by atoms with Crippen LogP contribution in [0.5, 0.6) is 23.0 Å². The number of nitrogens with zero attached hydrogens (tertiary/aromatic N) is 1. The zero-order valence-electron chi connectivity index (χ0n) is 22.1. The van der Waals surface area contributed by atoms with Crippen LogP contribution in [0.25, 0.3) is 5.76 Å². The van der Waals surface area contributed by atoms with E-state index < -0.39 is 17.7 Å². The molecule has 1 aliphatic heterocycles. The van der Waals surface area contributed by atoms with Crippen molar-refractivity contribution >= 4 is 17.4 Å². The van der Waals surface area contributed by atoms with Crippen molar-refractivity contribution in [2.75, 3.05) is 21.3 Å². The molecule has 1 unspecified atom stereocenters. The third-order valence-corrected chi connectivity index (χ3v) is 6.25. The van der Waals surface area contributed by atoms with Gasteiger partial charge in [0.1, 0.15) is 17.3 Å². The summed E-state index contributed by atoms with van der Waals surface area (Å²) in [5.74, 6) is 0.482. The van der Waals surface area contributed by atoms with Gasteiger partial charge in [0.2, 0.25) is 0 Å². The second kappa shape index (κ2) is 11.3. The molecule has 8 heteroatoms. The van der Waals surface area contributed by atoms with Crippen molar-refractivity contribution < 1.29 is 33.6 Å². The van der Waals surface area contributed by atoms with E-state index in [9.17, 15) is 14.7 Å². The van der Waals surface area contributed by atoms with Gasteiger partial charge >= 0.3 is 0 Å². The van der Waals surface area contributed by atoms with E-state index in [1.165, 1.54) is 12.0 Å². The van der Waals surface area contributed by atoms with Crippen LogP contribution in [0.2, 0.25) is 0 Å². The van der Waals surface area contributed by atoms with Crippen molar-refractivity contribution in [3.63, 3.8) is 0 Å². The lowest BCUT2D eigenvalue weighted by atomic mass is 9.95. The summed E-state index contributed by atoms with van der Waals surface area (Å²) < 4.78 is 21.8. The van der Waals surface area contributed by atoms with E-state index in [2.05, 4.69) is 0 Å². The second-order valence-corrected chi connectivity index (χ2v) is 9.08. The number of carbonyl (C=O) groups excluding carboxylic acids is 2. The quantitative estimate of drug-likeness (QED) is 0.239. The minimum atomic E-state index is -0.830. The average Bonchev–Trinajstić information content (AvgIpc) is 3.17. The van der Waals surface area contributed by atoms with E-state index in [1.54, 1.807) is 80.9 Å². The summed E-state index contributed by atoms with van der Waals surface area (Å²) in [6.45, 7) is 3.90. The Bertz CT molecular complexity index is 1360. The maximum Gasteiger partial charge on any atom is 0.295 e. The Morgan fingerprint density at radius 1 is 0.868 bits per heavy atom. The number of benzene rings is 3. The molecule has 0 spiro atoms. The molecule has 1 aliphatic rings. The fourth-order valence-corrected chi connectivity index (χ4v) is 4.50. The molecule has 0 bridgehead atoms. The van der Waals surface area contributed by atoms with Gasteiger partial charge in [-0.2, -0.15) is 0 Å². The molecule has 0 aromatic heterocycles. The topological polar surface area (TPSA) is 94.5 Å². The van der Waals surface area contributed by atoms with Crippen LogP contribution < -0.4 is 18.9 Å². The lowest BCUT2D eigenvalue weighted by Gasteiger charge is -2.26. The highest BCUT2D eigenvalue weighted by molar-refractivity contribution is 6.46. The average molecular weight is 518 g/mol. The van der Waals surface area contributed by atoms with Crippen LogP contribution >= 0.6 is 0 Å². The summed E-state index contributed by atoms with van der Waals surface area (Å²) in [6.07, 6.45) is -0.0706. The van der Waals surface area contributed by atoms with Crippen LogP contribution in [0, 0.1) is 0 Å². The first-order valence-corrected chi connectivity index (χ1v) is 12.2. The normalized spacial score (nSPS) is 16.6. The van der Waals surface area contributed by atoms with Gasteiger partial charge in [-0.25, -0.2) is 0 Å². The summed E-state index contributed by atoms with van der Waals surface area (Å²) in [5, 5.41) is 11.4. The molecule has 1 heterocycles. The number of rotatable bonds is 9. The van der Waals surface area contributed by atoms with Crippen molar-refractivity contribution in [1.29, 1.82) is 0 Å². The SMILES string of the molecule is COc1ccc(C2/C(=C(\O)c3cccc(OC(C)C)c3)C(=O)C(=O)N2Cc2ccc(OC)c(OC)c2)cc1. The molecular weight excluding hydrogens is 486 g/mol. The molecule has 1 N–H and O–H groups in total. The molecule has 1 atom stereocenters. The van der Waals surface area contributed by atoms with Crippen LogP contribution in [0.1, 0.15) is 36.6 Å². The molecule has 8 nitrogen and oxygen atoms in total. The molecule has 0 aliphatic carbocycles. The lowest BCUT2D eigenvalue weighted by molar-refractivity contribution is -0.140. The highest BCUT2D eigenvalue weighted by Crippen LogP contribution is 2.41. The van der Waals surface area contributed by atoms with Gasteiger partial charge in [0.05, 0.1) is 39.0 Å². The maximum atomic E-state index is 13.4. The van der Waals surface area contributed by atoms with Crippen LogP contribution in [0.3, 0.4) is 0 Å². The number of aliphatic hydroxyl groups excluding tert-OH is 1. The Kier molecular flexibility index (Phi) is 7.90. The minimum Gasteiger partial charge on any atom is -0.507 e. The Hall–Kier alpha value is -4.46. The number of hydrogen-bond acceptors (Lipinski definition) is 7. The molecule has 4 rings (SSSR count). The number of likely N-dealkylation sites (tertiary alicyclic amines) is 1. The molecule has 1 amide bonds. The molecule has 0 saturated carbocycles. The summed E-state index contributed by atoms with van der Waals surface area (Å²) in [6, 6.07) is 18.4. The van der Waals surface area contributed by atoms with E-state index in [4.69, 9.17) is 18.9 Å². The van der Waals surface area contributed by atoms with Gasteiger partial charge in [0.25, 0.3) is 11.7 Å². The molecule has 1 saturated heterocycles. The number of ether oxygens (including phenoxy) is 4. The summed E-state index contributed by atoms with van der Waals surface area (Å²) in [7, 11) is 4.63. The highest BCUT2D eigenvalue weighted by Gasteiger charge is 2.46. The first-order valence-electron chi connectivity index (χ1n) is 12.2. The lowest BCUT2D eigenvalue weighted by Crippen LogP contribution is -2.29. The zero-order valence-corrected chi connectivity index (χ0v) is 22.1. The highest BCUT2D eigenvalue weighted by atomic mass is 16.5. The Labute approximate surface area is 222 Å². The van der Waals surface area contributed by atoms with Gasteiger partial charge in [0, 0.05) is 12.1 Å². The van der Waals surface area contributed by atoms with Crippen LogP contribution in [-0.2, 0) is 16.1 Å². The van der Waals surface area contributed by atoms with Crippen molar-refractivity contribution in [3.8, 4) is 23.0 Å². The largest absolute Gasteiger partial charge is 0.507 e. The first kappa shape index (κ1) is 26.6. The summed E-state index contributed by atoms with van der Waals surface area (Å²) >= 11 is 0. The van der Waals surface area contributed by atoms with Gasteiger partial charge < -0.3 is 29.0 Å². The second-order valence-electron chi connectivity index (χ2n) is 9.08. The number of carbonyl (C=O) groups is 2. The van der Waals surface area contributed by atoms with Crippen LogP contribution in [0.15, 0.2) is 72.3 Å². The molecule has 198 valence electrons. The number of hydrogen-bond donors (Lipinski definition) is 1. The van der Waals surface area contributed by atoms with Crippen LogP contribution in [0.4, 0.5) is 0 Å². The summed E-state index contributed by atoms with van der Waals surface area (Å²) in [4.78, 5) is 28.2. The van der Waals surface area contributed by atoms with Gasteiger partial charge in [-0.05, 0) is 61.4 Å². The molecular formula is C30H31NO7. The van der Waals surface area contributed by atoms with E-state index in [1.807, 2.05) is 13.8 Å². The molecule has 3 aromatic carbocycles. The fraction of sp³-hybridized carbons (Fsp3) is 0.267. The van der Waals surface area contributed by atoms with E-state index >= 15 is 0 Å². The molecule has 38 heavy (non-hydrogen) atoms. The standard InChI is InChI=1S/C30H31NO7/c1-18(2)38-23-8-6-7-21(16-23)28(32)26-27(20-10-12-22(35-3)13-11-20)31(30(34)29(26)33)17-19-9-14-24(36-4)25(15-19)37-5/h6-16,18,27,32H,17H2,1-5H3/b28-26+. The van der Waals surface area contributed by atoms with Crippen molar-refractivity contribution in [2.45, 2.75) is 32.5 Å². The van der Waals surface area contributed by atoms with E-state index in [0.29, 0.717) is 34.1 Å². The Morgan fingerprint density at radius 2 is 1.58 bits per heavy atom. The maximum absolute atomic E-state index is 13.4. The fourth-order valence-electron chi connectivity index (χ4n) is 4.50. The number of aliphatic hydroxyl groups is 1. The first-order chi connectivity index (χ1) is 18.3. The number of Topliss-reactive ketones (excluding diaryl/α,β-unsaturated/α-hetero) is 1. The van der Waals surface area contributed by atoms with Gasteiger partial charge in [-0.3, -0.25) is 9.59 Å². The number of methoxy groups -OCH3 is 3. The van der Waals surface area contributed by atoms with Crippen LogP contribution in [-0.4, -0.2) is 49.1 Å². The molecule has 3 aromatic rings. The van der Waals surface area contributed by atoms with E-state index in [-0.39, 0.29) is 24.0 Å². The smallest absolute Gasteiger partial charge is 0.295 e. The van der Waals surface area contributed by atoms with E-state index in [0.717, 1.165) is 5.56 Å². The predicted molar refractivity (Wildman–Crippen MR) is 143 cm³/mol. The predicted octanol–water partition coefficient (Wildman–Crippen LogP) is 5.12. The third-order valence-electron chi connectivity index (χ3n) is 6.25. The molecule has 0 radical (unpaired) electrons.